The monoisotopic (exact) mass is 348 g/mol. The standard InChI is InChI=1S/C17H21FN4O3/c1-5-22-10-11(9-19-22)15(23)21-14-8-12(6-7-13(14)18)20-16(24)25-17(2,3)4/h6-10H,5H2,1-4H3,(H,20,24)(H,21,23). The summed E-state index contributed by atoms with van der Waals surface area (Å²) in [5.74, 6) is -1.11. The van der Waals surface area contributed by atoms with Crippen LogP contribution in [-0.2, 0) is 11.3 Å². The Morgan fingerprint density at radius 3 is 2.60 bits per heavy atom. The fraction of sp³-hybridized carbons (Fsp3) is 0.353. The van der Waals surface area contributed by atoms with Crippen molar-refractivity contribution in [3.63, 3.8) is 0 Å². The lowest BCUT2D eigenvalue weighted by molar-refractivity contribution is 0.0636. The molecule has 0 saturated heterocycles. The average molecular weight is 348 g/mol. The van der Waals surface area contributed by atoms with Crippen molar-refractivity contribution >= 4 is 23.4 Å². The van der Waals surface area contributed by atoms with Crippen LogP contribution in [0.2, 0.25) is 0 Å². The maximum atomic E-state index is 13.9. The van der Waals surface area contributed by atoms with E-state index in [1.54, 1.807) is 31.6 Å². The number of hydrogen-bond acceptors (Lipinski definition) is 4. The number of carbonyl (C=O) groups is 2. The van der Waals surface area contributed by atoms with Gasteiger partial charge in [-0.25, -0.2) is 9.18 Å². The van der Waals surface area contributed by atoms with Gasteiger partial charge < -0.3 is 10.1 Å². The van der Waals surface area contributed by atoms with Crippen molar-refractivity contribution in [1.82, 2.24) is 9.78 Å². The van der Waals surface area contributed by atoms with Gasteiger partial charge in [-0.2, -0.15) is 5.10 Å². The fourth-order valence-electron chi connectivity index (χ4n) is 1.97. The van der Waals surface area contributed by atoms with E-state index in [4.69, 9.17) is 4.74 Å². The lowest BCUT2D eigenvalue weighted by atomic mass is 10.2. The van der Waals surface area contributed by atoms with E-state index in [2.05, 4.69) is 15.7 Å². The number of halogens is 1. The molecule has 1 aromatic heterocycles. The second-order valence-corrected chi connectivity index (χ2v) is 6.36. The average Bonchev–Trinajstić information content (AvgIpc) is 2.97. The predicted molar refractivity (Wildman–Crippen MR) is 92.1 cm³/mol. The van der Waals surface area contributed by atoms with Gasteiger partial charge in [0.15, 0.2) is 0 Å². The van der Waals surface area contributed by atoms with E-state index in [0.29, 0.717) is 17.8 Å². The number of benzene rings is 1. The van der Waals surface area contributed by atoms with Crippen molar-refractivity contribution in [3.05, 3.63) is 42.0 Å². The number of rotatable bonds is 4. The molecule has 2 rings (SSSR count). The van der Waals surface area contributed by atoms with Gasteiger partial charge in [-0.3, -0.25) is 14.8 Å². The summed E-state index contributed by atoms with van der Waals surface area (Å²) in [7, 11) is 0. The lowest BCUT2D eigenvalue weighted by Crippen LogP contribution is -2.27. The molecule has 134 valence electrons. The van der Waals surface area contributed by atoms with Crippen molar-refractivity contribution in [2.75, 3.05) is 10.6 Å². The Morgan fingerprint density at radius 1 is 1.28 bits per heavy atom. The number of anilines is 2. The van der Waals surface area contributed by atoms with Crippen LogP contribution < -0.4 is 10.6 Å². The molecule has 1 aromatic carbocycles. The van der Waals surface area contributed by atoms with Crippen LogP contribution in [0.25, 0.3) is 0 Å². The van der Waals surface area contributed by atoms with Crippen molar-refractivity contribution in [1.29, 1.82) is 0 Å². The van der Waals surface area contributed by atoms with Crippen LogP contribution in [0, 0.1) is 5.82 Å². The first kappa shape index (κ1) is 18.4. The summed E-state index contributed by atoms with van der Waals surface area (Å²) in [6.07, 6.45) is 2.30. The van der Waals surface area contributed by atoms with Gasteiger partial charge in [0.2, 0.25) is 0 Å². The third-order valence-electron chi connectivity index (χ3n) is 3.08. The minimum Gasteiger partial charge on any atom is -0.444 e. The summed E-state index contributed by atoms with van der Waals surface area (Å²) in [4.78, 5) is 24.0. The molecule has 2 amide bonds. The Balaban J connectivity index is 2.10. The molecule has 2 N–H and O–H groups in total. The number of nitrogens with zero attached hydrogens (tertiary/aromatic N) is 2. The van der Waals surface area contributed by atoms with Gasteiger partial charge in [-0.1, -0.05) is 0 Å². The minimum atomic E-state index is -0.666. The highest BCUT2D eigenvalue weighted by atomic mass is 19.1. The number of aryl methyl sites for hydroxylation is 1. The number of hydrogen-bond donors (Lipinski definition) is 2. The smallest absolute Gasteiger partial charge is 0.412 e. The number of amides is 2. The summed E-state index contributed by atoms with van der Waals surface area (Å²) in [6, 6.07) is 3.85. The van der Waals surface area contributed by atoms with E-state index in [0.717, 1.165) is 6.07 Å². The molecule has 0 spiro atoms. The topological polar surface area (TPSA) is 85.2 Å². The van der Waals surface area contributed by atoms with Crippen molar-refractivity contribution in [3.8, 4) is 0 Å². The van der Waals surface area contributed by atoms with Crippen LogP contribution in [0.1, 0.15) is 38.1 Å². The highest BCUT2D eigenvalue weighted by Crippen LogP contribution is 2.21. The molecule has 0 unspecified atom stereocenters. The summed E-state index contributed by atoms with van der Waals surface area (Å²) < 4.78 is 20.7. The first-order valence-corrected chi connectivity index (χ1v) is 7.81. The van der Waals surface area contributed by atoms with E-state index in [1.165, 1.54) is 18.3 Å². The van der Waals surface area contributed by atoms with Gasteiger partial charge in [0, 0.05) is 18.4 Å². The SMILES string of the molecule is CCn1cc(C(=O)Nc2cc(NC(=O)OC(C)(C)C)ccc2F)cn1. The quantitative estimate of drug-likeness (QED) is 0.883. The zero-order chi connectivity index (χ0) is 18.6. The van der Waals surface area contributed by atoms with Crippen LogP contribution in [0.4, 0.5) is 20.6 Å². The largest absolute Gasteiger partial charge is 0.444 e. The van der Waals surface area contributed by atoms with E-state index in [9.17, 15) is 14.0 Å². The Bertz CT molecular complexity index is 780. The zero-order valence-electron chi connectivity index (χ0n) is 14.6. The molecular weight excluding hydrogens is 327 g/mol. The summed E-state index contributed by atoms with van der Waals surface area (Å²) in [5.41, 5.74) is -0.0922. The molecule has 0 fully saturated rings. The van der Waals surface area contributed by atoms with Gasteiger partial charge in [0.25, 0.3) is 5.91 Å². The van der Waals surface area contributed by atoms with Gasteiger partial charge in [0.1, 0.15) is 11.4 Å². The minimum absolute atomic E-state index is 0.0530. The van der Waals surface area contributed by atoms with Gasteiger partial charge >= 0.3 is 6.09 Å². The number of carbonyl (C=O) groups excluding carboxylic acids is 2. The fourth-order valence-corrected chi connectivity index (χ4v) is 1.97. The molecule has 25 heavy (non-hydrogen) atoms. The first-order valence-electron chi connectivity index (χ1n) is 7.81. The lowest BCUT2D eigenvalue weighted by Gasteiger charge is -2.19. The number of nitrogens with one attached hydrogen (secondary N) is 2. The van der Waals surface area contributed by atoms with E-state index in [1.807, 2.05) is 6.92 Å². The van der Waals surface area contributed by atoms with Crippen LogP contribution in [0.5, 0.6) is 0 Å². The van der Waals surface area contributed by atoms with E-state index >= 15 is 0 Å². The van der Waals surface area contributed by atoms with Gasteiger partial charge in [0.05, 0.1) is 17.4 Å². The van der Waals surface area contributed by atoms with E-state index < -0.39 is 23.4 Å². The molecular formula is C17H21FN4O3. The molecule has 0 aliphatic rings. The second kappa shape index (κ2) is 7.33. The van der Waals surface area contributed by atoms with Crippen LogP contribution in [0.3, 0.4) is 0 Å². The summed E-state index contributed by atoms with van der Waals surface area (Å²) >= 11 is 0. The highest BCUT2D eigenvalue weighted by Gasteiger charge is 2.17. The van der Waals surface area contributed by atoms with Crippen molar-refractivity contribution in [2.45, 2.75) is 39.8 Å². The third kappa shape index (κ3) is 5.30. The summed E-state index contributed by atoms with van der Waals surface area (Å²) in [5, 5.41) is 8.96. The predicted octanol–water partition coefficient (Wildman–Crippen LogP) is 3.64. The Hall–Kier alpha value is -2.90. The van der Waals surface area contributed by atoms with Crippen LogP contribution in [-0.4, -0.2) is 27.4 Å². The van der Waals surface area contributed by atoms with Gasteiger partial charge in [-0.15, -0.1) is 0 Å². The molecule has 0 aliphatic carbocycles. The second-order valence-electron chi connectivity index (χ2n) is 6.36. The molecule has 0 saturated carbocycles. The molecule has 7 nitrogen and oxygen atoms in total. The number of ether oxygens (including phenoxy) is 1. The Labute approximate surface area is 145 Å². The molecule has 0 radical (unpaired) electrons. The van der Waals surface area contributed by atoms with Gasteiger partial charge in [-0.05, 0) is 45.9 Å². The zero-order valence-corrected chi connectivity index (χ0v) is 14.6. The third-order valence-corrected chi connectivity index (χ3v) is 3.08. The summed E-state index contributed by atoms with van der Waals surface area (Å²) in [6.45, 7) is 7.72. The Kier molecular flexibility index (Phi) is 5.41. The van der Waals surface area contributed by atoms with Crippen LogP contribution >= 0.6 is 0 Å². The normalized spacial score (nSPS) is 11.1. The molecule has 0 bridgehead atoms. The molecule has 0 atom stereocenters. The Morgan fingerprint density at radius 2 is 2.00 bits per heavy atom. The van der Waals surface area contributed by atoms with E-state index in [-0.39, 0.29) is 5.69 Å². The van der Waals surface area contributed by atoms with Crippen molar-refractivity contribution < 1.29 is 18.7 Å². The number of aromatic nitrogens is 2. The maximum Gasteiger partial charge on any atom is 0.412 e. The highest BCUT2D eigenvalue weighted by molar-refractivity contribution is 6.04. The molecule has 0 aliphatic heterocycles. The molecule has 1 heterocycles. The van der Waals surface area contributed by atoms with Crippen LogP contribution in [0.15, 0.2) is 30.6 Å². The maximum absolute atomic E-state index is 13.9. The first-order chi connectivity index (χ1) is 11.7. The van der Waals surface area contributed by atoms with Crippen molar-refractivity contribution in [2.24, 2.45) is 0 Å². The molecule has 2 aromatic rings. The molecule has 8 heteroatoms.